The van der Waals surface area contributed by atoms with E-state index >= 15 is 0 Å². The van der Waals surface area contributed by atoms with Crippen LogP contribution in [0.5, 0.6) is 11.5 Å². The summed E-state index contributed by atoms with van der Waals surface area (Å²) in [7, 11) is 0.337. The minimum Gasteiger partial charge on any atom is -0.487 e. The first-order chi connectivity index (χ1) is 14.8. The number of alkyl halides is 3. The van der Waals surface area contributed by atoms with Crippen molar-refractivity contribution >= 4 is 8.81 Å². The van der Waals surface area contributed by atoms with E-state index in [1.807, 2.05) is 6.66 Å². The number of hydrogen-bond acceptors (Lipinski definition) is 2. The van der Waals surface area contributed by atoms with E-state index in [0.29, 0.717) is 27.1 Å². The Morgan fingerprint density at radius 1 is 1.12 bits per heavy atom. The Kier molecular flexibility index (Phi) is 7.59. The first kappa shape index (κ1) is 25.4. The molecule has 0 bridgehead atoms. The van der Waals surface area contributed by atoms with Crippen LogP contribution >= 0.6 is 8.81 Å². The zero-order valence-corrected chi connectivity index (χ0v) is 21.3. The van der Waals surface area contributed by atoms with Gasteiger partial charge in [-0.05, 0) is 76.2 Å². The van der Waals surface area contributed by atoms with Crippen LogP contribution in [0.25, 0.3) is 0 Å². The van der Waals surface area contributed by atoms with Gasteiger partial charge in [0.25, 0.3) is 0 Å². The van der Waals surface area contributed by atoms with Crippen LogP contribution in [0.1, 0.15) is 96.6 Å². The van der Waals surface area contributed by atoms with Crippen LogP contribution in [-0.2, 0) is 5.41 Å². The monoisotopic (exact) mass is 470 g/mol. The van der Waals surface area contributed by atoms with Crippen molar-refractivity contribution in [3.63, 3.8) is 0 Å². The average molecular weight is 471 g/mol. The maximum Gasteiger partial charge on any atom is 0.389 e. The summed E-state index contributed by atoms with van der Waals surface area (Å²) in [6, 6.07) is 4.33. The quantitative estimate of drug-likeness (QED) is 0.215. The van der Waals surface area contributed by atoms with Gasteiger partial charge in [0.05, 0.1) is 8.81 Å². The molecule has 0 amide bonds. The molecular weight excluding hydrogens is 432 g/mol. The number of rotatable bonds is 8. The number of hydrogen-bond donors (Lipinski definition) is 0. The van der Waals surface area contributed by atoms with Crippen molar-refractivity contribution in [3.05, 3.63) is 34.9 Å². The van der Waals surface area contributed by atoms with E-state index in [4.69, 9.17) is 9.26 Å². The molecule has 2 aliphatic rings. The molecule has 1 aliphatic heterocycles. The first-order valence-corrected chi connectivity index (χ1v) is 13.2. The van der Waals surface area contributed by atoms with Crippen molar-refractivity contribution < 1.29 is 22.4 Å². The molecule has 0 N–H and O–H groups in total. The van der Waals surface area contributed by atoms with Crippen LogP contribution in [0.4, 0.5) is 13.2 Å². The number of halogens is 3. The molecule has 0 saturated heterocycles. The summed E-state index contributed by atoms with van der Waals surface area (Å²) in [6.07, 6.45) is 2.01. The second kappa shape index (κ2) is 9.57. The molecule has 0 radical (unpaired) electrons. The molecule has 1 aromatic rings. The van der Waals surface area contributed by atoms with Gasteiger partial charge in [-0.2, -0.15) is 13.2 Å². The minimum atomic E-state index is -4.06. The summed E-state index contributed by atoms with van der Waals surface area (Å²) >= 11 is 0. The van der Waals surface area contributed by atoms with E-state index < -0.39 is 12.6 Å². The normalized spacial score (nSPS) is 22.8. The average Bonchev–Trinajstić information content (AvgIpc) is 2.65. The predicted molar refractivity (Wildman–Crippen MR) is 127 cm³/mol. The van der Waals surface area contributed by atoms with Crippen LogP contribution in [0.15, 0.2) is 23.8 Å². The van der Waals surface area contributed by atoms with E-state index in [0.717, 1.165) is 42.7 Å². The molecule has 180 valence electrons. The van der Waals surface area contributed by atoms with Crippen LogP contribution in [0.2, 0.25) is 0 Å². The fourth-order valence-electron chi connectivity index (χ4n) is 5.35. The van der Waals surface area contributed by atoms with Crippen molar-refractivity contribution in [2.75, 3.05) is 6.66 Å². The van der Waals surface area contributed by atoms with E-state index in [1.54, 1.807) is 0 Å². The minimum absolute atomic E-state index is 0.172. The van der Waals surface area contributed by atoms with Crippen molar-refractivity contribution in [3.8, 4) is 11.5 Å². The van der Waals surface area contributed by atoms with Gasteiger partial charge in [0.2, 0.25) is 0 Å². The highest BCUT2D eigenvalue weighted by Gasteiger charge is 2.46. The molecule has 3 unspecified atom stereocenters. The predicted octanol–water partition coefficient (Wildman–Crippen LogP) is 8.69. The third kappa shape index (κ3) is 5.82. The van der Waals surface area contributed by atoms with Crippen molar-refractivity contribution in [1.29, 1.82) is 0 Å². The lowest BCUT2D eigenvalue weighted by Crippen LogP contribution is -2.45. The molecule has 1 heterocycles. The SMILES string of the molecule is CPOc1cc(C(C)(C)CCCCCC(F)(F)F)cc2c1C1CC(C)=CCC1C(C)(C)O2. The molecule has 6 heteroatoms. The third-order valence-corrected chi connectivity index (χ3v) is 7.67. The fourth-order valence-corrected chi connectivity index (χ4v) is 5.73. The fraction of sp³-hybridized carbons (Fsp3) is 0.692. The summed E-state index contributed by atoms with van der Waals surface area (Å²) in [4.78, 5) is 0. The summed E-state index contributed by atoms with van der Waals surface area (Å²) in [6.45, 7) is 12.9. The Hall–Kier alpha value is -1.22. The zero-order chi connectivity index (χ0) is 23.7. The molecule has 0 saturated carbocycles. The lowest BCUT2D eigenvalue weighted by atomic mass is 9.66. The lowest BCUT2D eigenvalue weighted by Gasteiger charge is -2.47. The molecule has 1 aliphatic carbocycles. The smallest absolute Gasteiger partial charge is 0.389 e. The summed E-state index contributed by atoms with van der Waals surface area (Å²) < 4.78 is 50.1. The molecule has 0 fully saturated rings. The van der Waals surface area contributed by atoms with Gasteiger partial charge in [0.15, 0.2) is 0 Å². The standard InChI is InChI=1S/C26H38F3O2P/c1-17-10-11-20-19(14-17)23-21(30-25(20,4)5)15-18(16-22(23)31-32-6)24(2,3)12-8-7-9-13-26(27,28)29/h10,15-16,19-20,32H,7-9,11-14H2,1-6H3. The number of benzene rings is 1. The number of unbranched alkanes of at least 4 members (excludes halogenated alkanes) is 2. The van der Waals surface area contributed by atoms with E-state index in [-0.39, 0.29) is 17.4 Å². The van der Waals surface area contributed by atoms with Gasteiger partial charge in [-0.3, -0.25) is 0 Å². The van der Waals surface area contributed by atoms with Gasteiger partial charge < -0.3 is 9.26 Å². The van der Waals surface area contributed by atoms with E-state index in [9.17, 15) is 13.2 Å². The van der Waals surface area contributed by atoms with Crippen LogP contribution < -0.4 is 9.26 Å². The Morgan fingerprint density at radius 2 is 1.81 bits per heavy atom. The molecule has 0 spiro atoms. The van der Waals surface area contributed by atoms with Gasteiger partial charge in [-0.15, -0.1) is 0 Å². The highest BCUT2D eigenvalue weighted by atomic mass is 31.1. The Bertz CT molecular complexity index is 842. The molecule has 2 nitrogen and oxygen atoms in total. The topological polar surface area (TPSA) is 18.5 Å². The second-order valence-electron chi connectivity index (χ2n) is 10.7. The highest BCUT2D eigenvalue weighted by Crippen LogP contribution is 2.55. The number of fused-ring (bicyclic) bond motifs is 3. The summed E-state index contributed by atoms with van der Waals surface area (Å²) in [5.74, 6) is 2.63. The first-order valence-electron chi connectivity index (χ1n) is 11.8. The van der Waals surface area contributed by atoms with Gasteiger partial charge in [-0.25, -0.2) is 0 Å². The van der Waals surface area contributed by atoms with Gasteiger partial charge >= 0.3 is 6.18 Å². The third-order valence-electron chi connectivity index (χ3n) is 7.24. The van der Waals surface area contributed by atoms with Gasteiger partial charge in [-0.1, -0.05) is 38.3 Å². The largest absolute Gasteiger partial charge is 0.487 e. The Labute approximate surface area is 193 Å². The zero-order valence-electron chi connectivity index (χ0n) is 20.3. The molecular formula is C26H38F3O2P. The van der Waals surface area contributed by atoms with Gasteiger partial charge in [0, 0.05) is 23.8 Å². The van der Waals surface area contributed by atoms with Crippen molar-refractivity contribution in [2.24, 2.45) is 5.92 Å². The van der Waals surface area contributed by atoms with Crippen LogP contribution in [0.3, 0.4) is 0 Å². The summed E-state index contributed by atoms with van der Waals surface area (Å²) in [5, 5.41) is 0. The van der Waals surface area contributed by atoms with Crippen LogP contribution in [-0.4, -0.2) is 18.4 Å². The number of ether oxygens (including phenoxy) is 1. The van der Waals surface area contributed by atoms with E-state index in [2.05, 4.69) is 52.8 Å². The maximum atomic E-state index is 12.4. The van der Waals surface area contributed by atoms with Gasteiger partial charge in [0.1, 0.15) is 17.1 Å². The maximum absolute atomic E-state index is 12.4. The Balaban J connectivity index is 1.86. The molecule has 0 aromatic heterocycles. The number of allylic oxidation sites excluding steroid dienone is 2. The lowest BCUT2D eigenvalue weighted by molar-refractivity contribution is -0.135. The molecule has 1 aromatic carbocycles. The highest BCUT2D eigenvalue weighted by molar-refractivity contribution is 7.31. The molecule has 32 heavy (non-hydrogen) atoms. The molecule has 3 rings (SSSR count). The summed E-state index contributed by atoms with van der Waals surface area (Å²) in [5.41, 5.74) is 3.32. The second-order valence-corrected chi connectivity index (χ2v) is 11.3. The van der Waals surface area contributed by atoms with Crippen LogP contribution in [0, 0.1) is 5.92 Å². The van der Waals surface area contributed by atoms with Crippen molar-refractivity contribution in [2.45, 2.75) is 103 Å². The Morgan fingerprint density at radius 3 is 2.47 bits per heavy atom. The molecule has 3 atom stereocenters. The van der Waals surface area contributed by atoms with E-state index in [1.165, 1.54) is 11.1 Å². The van der Waals surface area contributed by atoms with Crippen molar-refractivity contribution in [1.82, 2.24) is 0 Å².